The molecular formula is C17H22N6O2. The molecule has 3 heterocycles. The third-order valence-corrected chi connectivity index (χ3v) is 4.98. The molecule has 2 fully saturated rings. The standard InChI is InChI=1S/C17H22N6O2/c1-16(14-22-21-13(25-14)12-4-2-3-8-19-12)10-23(11-16)15(24)20-9-7-17(18)5-6-17/h2-4,8H,5-7,9-11,18H2,1H3,(H,20,24). The molecule has 2 aromatic heterocycles. The van der Waals surface area contributed by atoms with Gasteiger partial charge in [-0.1, -0.05) is 6.07 Å². The maximum absolute atomic E-state index is 12.2. The number of amides is 2. The lowest BCUT2D eigenvalue weighted by atomic mass is 9.82. The number of urea groups is 1. The van der Waals surface area contributed by atoms with Crippen molar-refractivity contribution in [2.75, 3.05) is 19.6 Å². The van der Waals surface area contributed by atoms with Crippen LogP contribution in [0.15, 0.2) is 28.8 Å². The molecule has 1 saturated heterocycles. The second kappa shape index (κ2) is 5.80. The summed E-state index contributed by atoms with van der Waals surface area (Å²) in [5.41, 5.74) is 6.32. The van der Waals surface area contributed by atoms with Gasteiger partial charge in [0.05, 0.1) is 5.41 Å². The smallest absolute Gasteiger partial charge is 0.317 e. The summed E-state index contributed by atoms with van der Waals surface area (Å²) in [6.07, 6.45) is 4.63. The first-order chi connectivity index (χ1) is 12.0. The van der Waals surface area contributed by atoms with Gasteiger partial charge in [0.15, 0.2) is 0 Å². The predicted molar refractivity (Wildman–Crippen MR) is 90.6 cm³/mol. The highest BCUT2D eigenvalue weighted by Gasteiger charge is 2.47. The van der Waals surface area contributed by atoms with Crippen LogP contribution in [0.4, 0.5) is 4.79 Å². The van der Waals surface area contributed by atoms with Gasteiger partial charge in [0.2, 0.25) is 5.89 Å². The van der Waals surface area contributed by atoms with Crippen molar-refractivity contribution in [1.29, 1.82) is 0 Å². The number of carbonyl (C=O) groups is 1. The van der Waals surface area contributed by atoms with Gasteiger partial charge in [0.1, 0.15) is 5.69 Å². The number of pyridine rings is 1. The van der Waals surface area contributed by atoms with Crippen molar-refractivity contribution < 1.29 is 9.21 Å². The van der Waals surface area contributed by atoms with E-state index in [-0.39, 0.29) is 17.0 Å². The highest BCUT2D eigenvalue weighted by molar-refractivity contribution is 5.75. The number of nitrogens with two attached hydrogens (primary N) is 1. The number of hydrogen-bond donors (Lipinski definition) is 2. The van der Waals surface area contributed by atoms with Gasteiger partial charge in [-0.3, -0.25) is 4.98 Å². The van der Waals surface area contributed by atoms with E-state index in [2.05, 4.69) is 20.5 Å². The molecule has 2 aliphatic rings. The summed E-state index contributed by atoms with van der Waals surface area (Å²) in [6.45, 7) is 3.74. The number of carbonyl (C=O) groups excluding carboxylic acids is 1. The third kappa shape index (κ3) is 3.21. The topological polar surface area (TPSA) is 110 Å². The monoisotopic (exact) mass is 342 g/mol. The molecular weight excluding hydrogens is 320 g/mol. The van der Waals surface area contributed by atoms with Crippen LogP contribution in [0.1, 0.15) is 32.1 Å². The molecule has 25 heavy (non-hydrogen) atoms. The van der Waals surface area contributed by atoms with E-state index in [9.17, 15) is 4.79 Å². The van der Waals surface area contributed by atoms with Gasteiger partial charge in [-0.2, -0.15) is 0 Å². The van der Waals surface area contributed by atoms with Crippen LogP contribution in [0, 0.1) is 0 Å². The Bertz CT molecular complexity index is 764. The van der Waals surface area contributed by atoms with Crippen molar-refractivity contribution in [3.05, 3.63) is 30.3 Å². The van der Waals surface area contributed by atoms with Crippen molar-refractivity contribution in [3.63, 3.8) is 0 Å². The first-order valence-corrected chi connectivity index (χ1v) is 8.55. The predicted octanol–water partition coefficient (Wildman–Crippen LogP) is 1.30. The van der Waals surface area contributed by atoms with Crippen molar-refractivity contribution >= 4 is 6.03 Å². The van der Waals surface area contributed by atoms with E-state index in [1.807, 2.05) is 25.1 Å². The summed E-state index contributed by atoms with van der Waals surface area (Å²) in [5, 5.41) is 11.2. The highest BCUT2D eigenvalue weighted by Crippen LogP contribution is 2.36. The van der Waals surface area contributed by atoms with Crippen molar-refractivity contribution in [2.45, 2.75) is 37.1 Å². The molecule has 0 spiro atoms. The van der Waals surface area contributed by atoms with Crippen molar-refractivity contribution in [2.24, 2.45) is 5.73 Å². The molecule has 0 aromatic carbocycles. The van der Waals surface area contributed by atoms with Crippen LogP contribution in [0.3, 0.4) is 0 Å². The van der Waals surface area contributed by atoms with Crippen LogP contribution < -0.4 is 11.1 Å². The Morgan fingerprint density at radius 3 is 2.84 bits per heavy atom. The van der Waals surface area contributed by atoms with E-state index in [1.165, 1.54) is 0 Å². The first kappa shape index (κ1) is 16.0. The Morgan fingerprint density at radius 1 is 1.36 bits per heavy atom. The zero-order valence-electron chi connectivity index (χ0n) is 14.2. The van der Waals surface area contributed by atoms with Crippen LogP contribution in [0.25, 0.3) is 11.6 Å². The molecule has 132 valence electrons. The van der Waals surface area contributed by atoms with Gasteiger partial charge in [0.25, 0.3) is 5.89 Å². The summed E-state index contributed by atoms with van der Waals surface area (Å²) < 4.78 is 5.78. The fourth-order valence-electron chi connectivity index (χ4n) is 3.08. The van der Waals surface area contributed by atoms with E-state index in [1.54, 1.807) is 11.1 Å². The Hall–Kier alpha value is -2.48. The average Bonchev–Trinajstić information content (AvgIpc) is 3.11. The molecule has 3 N–H and O–H groups in total. The molecule has 2 amide bonds. The minimum atomic E-state index is -0.317. The summed E-state index contributed by atoms with van der Waals surface area (Å²) >= 11 is 0. The van der Waals surface area contributed by atoms with Gasteiger partial charge in [0, 0.05) is 31.4 Å². The molecule has 1 saturated carbocycles. The van der Waals surface area contributed by atoms with E-state index in [0.29, 0.717) is 37.1 Å². The highest BCUT2D eigenvalue weighted by atomic mass is 16.4. The molecule has 2 aromatic rings. The molecule has 8 heteroatoms. The lowest BCUT2D eigenvalue weighted by Crippen LogP contribution is -2.62. The van der Waals surface area contributed by atoms with Gasteiger partial charge in [-0.15, -0.1) is 10.2 Å². The number of likely N-dealkylation sites (tertiary alicyclic amines) is 1. The van der Waals surface area contributed by atoms with Crippen LogP contribution in [-0.2, 0) is 5.41 Å². The number of rotatable bonds is 5. The Labute approximate surface area is 145 Å². The van der Waals surface area contributed by atoms with Crippen LogP contribution in [0.2, 0.25) is 0 Å². The van der Waals surface area contributed by atoms with E-state index < -0.39 is 0 Å². The van der Waals surface area contributed by atoms with Crippen LogP contribution >= 0.6 is 0 Å². The van der Waals surface area contributed by atoms with Gasteiger partial charge in [-0.25, -0.2) is 4.79 Å². The lowest BCUT2D eigenvalue weighted by Gasteiger charge is -2.45. The molecule has 0 radical (unpaired) electrons. The second-order valence-electron chi connectivity index (χ2n) is 7.39. The zero-order chi connectivity index (χ0) is 17.5. The normalized spacial score (nSPS) is 20.0. The maximum Gasteiger partial charge on any atom is 0.317 e. The molecule has 1 aliphatic heterocycles. The van der Waals surface area contributed by atoms with E-state index in [4.69, 9.17) is 10.2 Å². The first-order valence-electron chi connectivity index (χ1n) is 8.55. The summed E-state index contributed by atoms with van der Waals surface area (Å²) in [6, 6.07) is 5.46. The quantitative estimate of drug-likeness (QED) is 0.847. The molecule has 8 nitrogen and oxygen atoms in total. The molecule has 0 atom stereocenters. The fraction of sp³-hybridized carbons (Fsp3) is 0.529. The lowest BCUT2D eigenvalue weighted by molar-refractivity contribution is 0.0850. The third-order valence-electron chi connectivity index (χ3n) is 4.98. The van der Waals surface area contributed by atoms with E-state index in [0.717, 1.165) is 19.3 Å². The Kier molecular flexibility index (Phi) is 3.72. The Balaban J connectivity index is 1.32. The summed E-state index contributed by atoms with van der Waals surface area (Å²) in [5.74, 6) is 0.938. The Morgan fingerprint density at radius 2 is 2.16 bits per heavy atom. The number of nitrogens with zero attached hydrogens (tertiary/aromatic N) is 4. The van der Waals surface area contributed by atoms with Gasteiger partial charge in [-0.05, 0) is 38.3 Å². The van der Waals surface area contributed by atoms with Gasteiger partial charge < -0.3 is 20.4 Å². The SMILES string of the molecule is CC1(c2nnc(-c3ccccn3)o2)CN(C(=O)NCCC2(N)CC2)C1. The summed E-state index contributed by atoms with van der Waals surface area (Å²) in [7, 11) is 0. The number of aromatic nitrogens is 3. The summed E-state index contributed by atoms with van der Waals surface area (Å²) in [4.78, 5) is 18.1. The number of hydrogen-bond acceptors (Lipinski definition) is 6. The molecule has 4 rings (SSSR count). The van der Waals surface area contributed by atoms with Crippen LogP contribution in [-0.4, -0.2) is 51.3 Å². The van der Waals surface area contributed by atoms with Crippen molar-refractivity contribution in [3.8, 4) is 11.6 Å². The van der Waals surface area contributed by atoms with Crippen molar-refractivity contribution in [1.82, 2.24) is 25.4 Å². The zero-order valence-corrected chi connectivity index (χ0v) is 14.2. The second-order valence-corrected chi connectivity index (χ2v) is 7.39. The molecule has 0 unspecified atom stereocenters. The van der Waals surface area contributed by atoms with Gasteiger partial charge >= 0.3 is 6.03 Å². The maximum atomic E-state index is 12.2. The number of nitrogens with one attached hydrogen (secondary N) is 1. The van der Waals surface area contributed by atoms with E-state index >= 15 is 0 Å². The largest absolute Gasteiger partial charge is 0.419 e. The van der Waals surface area contributed by atoms with Crippen LogP contribution in [0.5, 0.6) is 0 Å². The minimum absolute atomic E-state index is 0.0393. The molecule has 0 bridgehead atoms. The molecule has 1 aliphatic carbocycles. The average molecular weight is 342 g/mol. The fourth-order valence-corrected chi connectivity index (χ4v) is 3.08. The minimum Gasteiger partial charge on any atom is -0.419 e.